The number of rotatable bonds is 6. The van der Waals surface area contributed by atoms with E-state index in [9.17, 15) is 8.42 Å². The third-order valence-electron chi connectivity index (χ3n) is 2.69. The van der Waals surface area contributed by atoms with Crippen molar-refractivity contribution in [1.29, 1.82) is 0 Å². The second kappa shape index (κ2) is 6.52. The quantitative estimate of drug-likeness (QED) is 0.821. The molecule has 0 fully saturated rings. The fourth-order valence-corrected chi connectivity index (χ4v) is 3.61. The van der Waals surface area contributed by atoms with Crippen molar-refractivity contribution in [2.24, 2.45) is 0 Å². The molecule has 0 radical (unpaired) electrons. The first-order chi connectivity index (χ1) is 8.84. The molecule has 106 valence electrons. The summed E-state index contributed by atoms with van der Waals surface area (Å²) in [7, 11) is -3.61. The predicted molar refractivity (Wildman–Crippen MR) is 76.6 cm³/mol. The van der Waals surface area contributed by atoms with Gasteiger partial charge in [0.25, 0.3) is 0 Å². The minimum absolute atomic E-state index is 0.116. The highest BCUT2D eigenvalue weighted by Crippen LogP contribution is 2.24. The molecule has 1 N–H and O–H groups in total. The molecule has 19 heavy (non-hydrogen) atoms. The third kappa shape index (κ3) is 3.57. The SMILES string of the molecule is C=CCN(C(C)C)S(=O)(=O)c1ccc(CO)c(Cl)c1. The molecule has 0 aliphatic carbocycles. The van der Waals surface area contributed by atoms with Crippen molar-refractivity contribution < 1.29 is 13.5 Å². The monoisotopic (exact) mass is 303 g/mol. The Morgan fingerprint density at radius 3 is 2.53 bits per heavy atom. The van der Waals surface area contributed by atoms with Gasteiger partial charge in [0.1, 0.15) is 0 Å². The lowest BCUT2D eigenvalue weighted by Gasteiger charge is -2.24. The molecule has 6 heteroatoms. The first kappa shape index (κ1) is 16.2. The minimum Gasteiger partial charge on any atom is -0.392 e. The summed E-state index contributed by atoms with van der Waals surface area (Å²) in [6.07, 6.45) is 1.54. The van der Waals surface area contributed by atoms with E-state index in [4.69, 9.17) is 16.7 Å². The van der Waals surface area contributed by atoms with Gasteiger partial charge in [-0.1, -0.05) is 23.7 Å². The molecule has 0 aliphatic rings. The molecule has 0 heterocycles. The predicted octanol–water partition coefficient (Wildman–Crippen LogP) is 2.42. The summed E-state index contributed by atoms with van der Waals surface area (Å²) >= 11 is 5.93. The molecular formula is C13H18ClNO3S. The Morgan fingerprint density at radius 2 is 2.11 bits per heavy atom. The molecule has 1 aromatic carbocycles. The van der Waals surface area contributed by atoms with Gasteiger partial charge in [0.15, 0.2) is 0 Å². The molecule has 1 aromatic rings. The van der Waals surface area contributed by atoms with Crippen LogP contribution in [-0.2, 0) is 16.6 Å². The number of aliphatic hydroxyl groups excluding tert-OH is 1. The van der Waals surface area contributed by atoms with E-state index >= 15 is 0 Å². The van der Waals surface area contributed by atoms with Crippen molar-refractivity contribution in [3.63, 3.8) is 0 Å². The van der Waals surface area contributed by atoms with Crippen LogP contribution in [0.4, 0.5) is 0 Å². The Labute approximate surface area is 119 Å². The molecule has 0 aromatic heterocycles. The van der Waals surface area contributed by atoms with E-state index in [1.807, 2.05) is 0 Å². The fourth-order valence-electron chi connectivity index (χ4n) is 1.67. The molecular weight excluding hydrogens is 286 g/mol. The van der Waals surface area contributed by atoms with Gasteiger partial charge >= 0.3 is 0 Å². The highest BCUT2D eigenvalue weighted by molar-refractivity contribution is 7.89. The second-order valence-corrected chi connectivity index (χ2v) is 6.67. The summed E-state index contributed by atoms with van der Waals surface area (Å²) in [6.45, 7) is 7.18. The third-order valence-corrected chi connectivity index (χ3v) is 5.08. The maximum Gasteiger partial charge on any atom is 0.243 e. The van der Waals surface area contributed by atoms with Crippen molar-refractivity contribution >= 4 is 21.6 Å². The molecule has 0 spiro atoms. The van der Waals surface area contributed by atoms with Crippen LogP contribution in [0.1, 0.15) is 19.4 Å². The van der Waals surface area contributed by atoms with Gasteiger partial charge < -0.3 is 5.11 Å². The van der Waals surface area contributed by atoms with Crippen LogP contribution in [-0.4, -0.2) is 30.4 Å². The Kier molecular flexibility index (Phi) is 5.55. The van der Waals surface area contributed by atoms with E-state index in [-0.39, 0.29) is 29.1 Å². The van der Waals surface area contributed by atoms with E-state index in [2.05, 4.69) is 6.58 Å². The summed E-state index contributed by atoms with van der Waals surface area (Å²) in [5, 5.41) is 9.28. The lowest BCUT2D eigenvalue weighted by Crippen LogP contribution is -2.37. The molecule has 0 unspecified atom stereocenters. The molecule has 0 atom stereocenters. The number of benzene rings is 1. The van der Waals surface area contributed by atoms with Gasteiger partial charge in [0, 0.05) is 17.6 Å². The summed E-state index contributed by atoms with van der Waals surface area (Å²) in [6, 6.07) is 4.15. The largest absolute Gasteiger partial charge is 0.392 e. The average Bonchev–Trinajstić information content (AvgIpc) is 2.35. The number of halogens is 1. The normalized spacial score (nSPS) is 12.1. The van der Waals surface area contributed by atoms with Crippen LogP contribution in [0.2, 0.25) is 5.02 Å². The van der Waals surface area contributed by atoms with Gasteiger partial charge in [0.05, 0.1) is 11.5 Å². The zero-order valence-corrected chi connectivity index (χ0v) is 12.6. The van der Waals surface area contributed by atoms with Crippen LogP contribution in [0.25, 0.3) is 0 Å². The van der Waals surface area contributed by atoms with Crippen molar-refractivity contribution in [2.45, 2.75) is 31.4 Å². The number of nitrogens with zero attached hydrogens (tertiary/aromatic N) is 1. The summed E-state index contributed by atoms with van der Waals surface area (Å²) in [5.41, 5.74) is 0.500. The zero-order chi connectivity index (χ0) is 14.6. The van der Waals surface area contributed by atoms with Crippen molar-refractivity contribution in [3.05, 3.63) is 41.4 Å². The van der Waals surface area contributed by atoms with Gasteiger partial charge in [-0.2, -0.15) is 4.31 Å². The Hall–Kier alpha value is -0.880. The van der Waals surface area contributed by atoms with Crippen molar-refractivity contribution in [3.8, 4) is 0 Å². The number of aliphatic hydroxyl groups is 1. The molecule has 0 bridgehead atoms. The minimum atomic E-state index is -3.61. The van der Waals surface area contributed by atoms with Crippen molar-refractivity contribution in [1.82, 2.24) is 4.31 Å². The maximum absolute atomic E-state index is 12.5. The highest BCUT2D eigenvalue weighted by atomic mass is 35.5. The van der Waals surface area contributed by atoms with E-state index in [0.29, 0.717) is 5.56 Å². The van der Waals surface area contributed by atoms with Crippen LogP contribution in [0, 0.1) is 0 Å². The van der Waals surface area contributed by atoms with Gasteiger partial charge in [-0.25, -0.2) is 8.42 Å². The maximum atomic E-state index is 12.5. The molecule has 0 saturated carbocycles. The van der Waals surface area contributed by atoms with Crippen LogP contribution < -0.4 is 0 Å². The zero-order valence-electron chi connectivity index (χ0n) is 11.0. The summed E-state index contributed by atoms with van der Waals surface area (Å²) in [4.78, 5) is 0.116. The number of hydrogen-bond donors (Lipinski definition) is 1. The average molecular weight is 304 g/mol. The molecule has 1 rings (SSSR count). The second-order valence-electron chi connectivity index (χ2n) is 4.37. The highest BCUT2D eigenvalue weighted by Gasteiger charge is 2.26. The van der Waals surface area contributed by atoms with Crippen LogP contribution in [0.15, 0.2) is 35.7 Å². The first-order valence-electron chi connectivity index (χ1n) is 5.86. The smallest absolute Gasteiger partial charge is 0.243 e. The van der Waals surface area contributed by atoms with Crippen LogP contribution >= 0.6 is 11.6 Å². The van der Waals surface area contributed by atoms with Crippen molar-refractivity contribution in [2.75, 3.05) is 6.54 Å². The number of hydrogen-bond acceptors (Lipinski definition) is 3. The first-order valence-corrected chi connectivity index (χ1v) is 7.68. The fraction of sp³-hybridized carbons (Fsp3) is 0.385. The topological polar surface area (TPSA) is 57.6 Å². The lowest BCUT2D eigenvalue weighted by atomic mass is 10.2. The number of sulfonamides is 1. The molecule has 0 saturated heterocycles. The van der Waals surface area contributed by atoms with Gasteiger partial charge in [-0.05, 0) is 31.5 Å². The molecule has 4 nitrogen and oxygen atoms in total. The van der Waals surface area contributed by atoms with E-state index < -0.39 is 10.0 Å². The standard InChI is InChI=1S/C13H18ClNO3S/c1-4-7-15(10(2)3)19(17,18)12-6-5-11(9-16)13(14)8-12/h4-6,8,10,16H,1,7,9H2,2-3H3. The van der Waals surface area contributed by atoms with Crippen LogP contribution in [0.3, 0.4) is 0 Å². The molecule has 0 amide bonds. The van der Waals surface area contributed by atoms with E-state index in [1.165, 1.54) is 22.5 Å². The van der Waals surface area contributed by atoms with E-state index in [1.54, 1.807) is 19.9 Å². The lowest BCUT2D eigenvalue weighted by molar-refractivity contribution is 0.282. The van der Waals surface area contributed by atoms with E-state index in [0.717, 1.165) is 0 Å². The summed E-state index contributed by atoms with van der Waals surface area (Å²) in [5.74, 6) is 0. The van der Waals surface area contributed by atoms with Gasteiger partial charge in [-0.15, -0.1) is 6.58 Å². The van der Waals surface area contributed by atoms with Gasteiger partial charge in [0.2, 0.25) is 10.0 Å². The Balaban J connectivity index is 3.25. The van der Waals surface area contributed by atoms with Gasteiger partial charge in [-0.3, -0.25) is 0 Å². The molecule has 0 aliphatic heterocycles. The Morgan fingerprint density at radius 1 is 1.47 bits per heavy atom. The summed E-state index contributed by atoms with van der Waals surface area (Å²) < 4.78 is 26.3. The van der Waals surface area contributed by atoms with Crippen LogP contribution in [0.5, 0.6) is 0 Å². The Bertz CT molecular complexity index is 555.